The first-order valence-electron chi connectivity index (χ1n) is 8.26. The average molecular weight is 283 g/mol. The molecule has 2 rings (SSSR count). The van der Waals surface area contributed by atoms with Gasteiger partial charge in [0.15, 0.2) is 0 Å². The molecule has 0 fully saturated rings. The molecule has 0 spiro atoms. The predicted molar refractivity (Wildman–Crippen MR) is 92.5 cm³/mol. The molecule has 1 heteroatoms. The molecule has 0 saturated carbocycles. The third kappa shape index (κ3) is 3.65. The Morgan fingerprint density at radius 1 is 1.19 bits per heavy atom. The highest BCUT2D eigenvalue weighted by molar-refractivity contribution is 5.41. The normalized spacial score (nSPS) is 23.0. The summed E-state index contributed by atoms with van der Waals surface area (Å²) in [6.07, 6.45) is 9.27. The molecule has 0 aromatic heterocycles. The fourth-order valence-corrected chi connectivity index (χ4v) is 3.22. The van der Waals surface area contributed by atoms with Crippen molar-refractivity contribution in [2.45, 2.75) is 46.5 Å². The van der Waals surface area contributed by atoms with Crippen LogP contribution in [0.5, 0.6) is 0 Å². The van der Waals surface area contributed by atoms with Crippen LogP contribution < -0.4 is 5.73 Å². The molecule has 0 saturated heterocycles. The lowest BCUT2D eigenvalue weighted by molar-refractivity contribution is 0.541. The lowest BCUT2D eigenvalue weighted by Gasteiger charge is -2.25. The summed E-state index contributed by atoms with van der Waals surface area (Å²) >= 11 is 0. The Bertz CT molecular complexity index is 539. The SMILES string of the molecule is CCC(C1=CC(C)C(C)C=C1)c1ccc(CCN)c(C)c1. The zero-order chi connectivity index (χ0) is 15.4. The van der Waals surface area contributed by atoms with Crippen LogP contribution in [0.25, 0.3) is 0 Å². The monoisotopic (exact) mass is 283 g/mol. The van der Waals surface area contributed by atoms with E-state index < -0.39 is 0 Å². The predicted octanol–water partition coefficient (Wildman–Crippen LogP) is 4.76. The van der Waals surface area contributed by atoms with E-state index in [4.69, 9.17) is 5.73 Å². The number of benzene rings is 1. The van der Waals surface area contributed by atoms with E-state index in [0.29, 0.717) is 17.8 Å². The lowest BCUT2D eigenvalue weighted by atomic mass is 9.80. The first kappa shape index (κ1) is 16.0. The largest absolute Gasteiger partial charge is 0.330 e. The first-order chi connectivity index (χ1) is 10.1. The smallest absolute Gasteiger partial charge is 0.00836 e. The van der Waals surface area contributed by atoms with Gasteiger partial charge in [-0.05, 0) is 60.4 Å². The highest BCUT2D eigenvalue weighted by atomic mass is 14.5. The minimum atomic E-state index is 0.516. The van der Waals surface area contributed by atoms with Gasteiger partial charge < -0.3 is 5.73 Å². The van der Waals surface area contributed by atoms with Crippen molar-refractivity contribution in [3.05, 3.63) is 58.7 Å². The zero-order valence-electron chi connectivity index (χ0n) is 13.9. The van der Waals surface area contributed by atoms with Gasteiger partial charge >= 0.3 is 0 Å². The summed E-state index contributed by atoms with van der Waals surface area (Å²) in [7, 11) is 0. The van der Waals surface area contributed by atoms with Crippen LogP contribution in [-0.4, -0.2) is 6.54 Å². The van der Waals surface area contributed by atoms with Gasteiger partial charge in [0.05, 0.1) is 0 Å². The second-order valence-corrected chi connectivity index (χ2v) is 6.43. The standard InChI is InChI=1S/C20H29N/c1-5-20(18-7-6-14(2)15(3)12-18)19-9-8-17(10-11-21)16(4)13-19/h6-9,12-15,20H,5,10-11,21H2,1-4H3. The second kappa shape index (κ2) is 7.09. The fraction of sp³-hybridized carbons (Fsp3) is 0.500. The van der Waals surface area contributed by atoms with Crippen molar-refractivity contribution < 1.29 is 0 Å². The van der Waals surface area contributed by atoms with Crippen molar-refractivity contribution in [2.24, 2.45) is 17.6 Å². The van der Waals surface area contributed by atoms with Gasteiger partial charge in [0.25, 0.3) is 0 Å². The van der Waals surface area contributed by atoms with E-state index >= 15 is 0 Å². The maximum absolute atomic E-state index is 5.68. The maximum Gasteiger partial charge on any atom is 0.00836 e. The molecule has 0 heterocycles. The molecule has 114 valence electrons. The minimum Gasteiger partial charge on any atom is -0.330 e. The molecular weight excluding hydrogens is 254 g/mol. The van der Waals surface area contributed by atoms with Crippen LogP contribution in [0.2, 0.25) is 0 Å². The van der Waals surface area contributed by atoms with Crippen LogP contribution in [-0.2, 0) is 6.42 Å². The van der Waals surface area contributed by atoms with Gasteiger partial charge in [-0.2, -0.15) is 0 Å². The Hall–Kier alpha value is -1.34. The molecule has 3 atom stereocenters. The first-order valence-corrected chi connectivity index (χ1v) is 8.26. The summed E-state index contributed by atoms with van der Waals surface area (Å²) in [5.41, 5.74) is 11.4. The molecule has 1 aromatic rings. The molecule has 1 aromatic carbocycles. The van der Waals surface area contributed by atoms with Gasteiger partial charge in [-0.25, -0.2) is 0 Å². The van der Waals surface area contributed by atoms with E-state index in [1.807, 2.05) is 0 Å². The van der Waals surface area contributed by atoms with Crippen molar-refractivity contribution in [1.82, 2.24) is 0 Å². The number of allylic oxidation sites excluding steroid dienone is 4. The zero-order valence-corrected chi connectivity index (χ0v) is 13.9. The second-order valence-electron chi connectivity index (χ2n) is 6.43. The Morgan fingerprint density at radius 3 is 2.52 bits per heavy atom. The van der Waals surface area contributed by atoms with Gasteiger partial charge in [-0.1, -0.05) is 57.2 Å². The van der Waals surface area contributed by atoms with Crippen molar-refractivity contribution in [3.63, 3.8) is 0 Å². The summed E-state index contributed by atoms with van der Waals surface area (Å²) in [6, 6.07) is 6.92. The van der Waals surface area contributed by atoms with Crippen molar-refractivity contribution in [3.8, 4) is 0 Å². The van der Waals surface area contributed by atoms with Crippen molar-refractivity contribution >= 4 is 0 Å². The quantitative estimate of drug-likeness (QED) is 0.828. The highest BCUT2D eigenvalue weighted by Gasteiger charge is 2.19. The Kier molecular flexibility index (Phi) is 5.41. The molecule has 0 bridgehead atoms. The Balaban J connectivity index is 2.28. The molecule has 1 aliphatic rings. The van der Waals surface area contributed by atoms with E-state index in [1.54, 1.807) is 0 Å². The molecule has 2 N–H and O–H groups in total. The average Bonchev–Trinajstić information content (AvgIpc) is 2.46. The summed E-state index contributed by atoms with van der Waals surface area (Å²) < 4.78 is 0. The van der Waals surface area contributed by atoms with Gasteiger partial charge in [0, 0.05) is 5.92 Å². The third-order valence-electron chi connectivity index (χ3n) is 4.87. The third-order valence-corrected chi connectivity index (χ3v) is 4.87. The molecule has 0 radical (unpaired) electrons. The number of hydrogen-bond donors (Lipinski definition) is 1. The van der Waals surface area contributed by atoms with Crippen LogP contribution in [0.3, 0.4) is 0 Å². The summed E-state index contributed by atoms with van der Waals surface area (Å²) in [5, 5.41) is 0. The van der Waals surface area contributed by atoms with E-state index in [9.17, 15) is 0 Å². The van der Waals surface area contributed by atoms with Crippen LogP contribution in [0.4, 0.5) is 0 Å². The molecule has 21 heavy (non-hydrogen) atoms. The van der Waals surface area contributed by atoms with Crippen LogP contribution in [0, 0.1) is 18.8 Å². The molecule has 0 amide bonds. The van der Waals surface area contributed by atoms with Gasteiger partial charge in [0.1, 0.15) is 0 Å². The van der Waals surface area contributed by atoms with E-state index in [-0.39, 0.29) is 0 Å². The number of aryl methyl sites for hydroxylation is 1. The summed E-state index contributed by atoms with van der Waals surface area (Å²) in [4.78, 5) is 0. The molecular formula is C20H29N. The van der Waals surface area contributed by atoms with Gasteiger partial charge in [0.2, 0.25) is 0 Å². The van der Waals surface area contributed by atoms with E-state index in [1.165, 1.54) is 22.3 Å². The summed E-state index contributed by atoms with van der Waals surface area (Å²) in [5.74, 6) is 1.80. The lowest BCUT2D eigenvalue weighted by Crippen LogP contribution is -2.11. The van der Waals surface area contributed by atoms with E-state index in [2.05, 4.69) is 64.1 Å². The number of hydrogen-bond acceptors (Lipinski definition) is 1. The van der Waals surface area contributed by atoms with E-state index in [0.717, 1.165) is 19.4 Å². The van der Waals surface area contributed by atoms with Gasteiger partial charge in [-0.3, -0.25) is 0 Å². The highest BCUT2D eigenvalue weighted by Crippen LogP contribution is 2.34. The topological polar surface area (TPSA) is 26.0 Å². The van der Waals surface area contributed by atoms with Crippen molar-refractivity contribution in [1.29, 1.82) is 0 Å². The number of nitrogens with two attached hydrogens (primary N) is 1. The number of rotatable bonds is 5. The van der Waals surface area contributed by atoms with Crippen LogP contribution in [0.1, 0.15) is 49.8 Å². The van der Waals surface area contributed by atoms with Crippen molar-refractivity contribution in [2.75, 3.05) is 6.54 Å². The summed E-state index contributed by atoms with van der Waals surface area (Å²) in [6.45, 7) is 9.82. The molecule has 1 nitrogen and oxygen atoms in total. The fourth-order valence-electron chi connectivity index (χ4n) is 3.22. The van der Waals surface area contributed by atoms with Crippen LogP contribution in [0.15, 0.2) is 42.0 Å². The molecule has 0 aliphatic heterocycles. The Morgan fingerprint density at radius 2 is 1.95 bits per heavy atom. The van der Waals surface area contributed by atoms with Gasteiger partial charge in [-0.15, -0.1) is 0 Å². The molecule has 3 unspecified atom stereocenters. The maximum atomic E-state index is 5.68. The molecule has 1 aliphatic carbocycles. The van der Waals surface area contributed by atoms with Crippen LogP contribution >= 0.6 is 0 Å². The Labute approximate surface area is 129 Å². The minimum absolute atomic E-state index is 0.516.